The summed E-state index contributed by atoms with van der Waals surface area (Å²) in [5, 5.41) is 12.0. The van der Waals surface area contributed by atoms with Crippen molar-refractivity contribution in [2.45, 2.75) is 120 Å². The Morgan fingerprint density at radius 2 is 1.15 bits per heavy atom. The van der Waals surface area contributed by atoms with Gasteiger partial charge in [0.2, 0.25) is 0 Å². The molecule has 0 aliphatic carbocycles. The molecule has 0 radical (unpaired) electrons. The Labute approximate surface area is 335 Å². The Bertz CT molecular complexity index is 2360. The minimum Gasteiger partial charge on any atom is -0.203 e. The van der Waals surface area contributed by atoms with Crippen molar-refractivity contribution >= 4 is 76.6 Å². The third kappa shape index (κ3) is 7.47. The van der Waals surface area contributed by atoms with Gasteiger partial charge in [-0.05, 0) is 123 Å². The van der Waals surface area contributed by atoms with E-state index in [1.165, 1.54) is 109 Å². The minimum absolute atomic E-state index is 0.196. The highest BCUT2D eigenvalue weighted by atomic mass is 32.1. The molecule has 2 unspecified atom stereocenters. The molecular weight excluding hydrogens is 749 g/mol. The fourth-order valence-electron chi connectivity index (χ4n) is 8.00. The van der Waals surface area contributed by atoms with E-state index in [4.69, 9.17) is 0 Å². The van der Waals surface area contributed by atoms with Gasteiger partial charge in [-0.2, -0.15) is 15.0 Å². The minimum atomic E-state index is -0.861. The van der Waals surface area contributed by atoms with Crippen LogP contribution in [-0.2, 0) is 19.9 Å². The predicted octanol–water partition coefficient (Wildman–Crippen LogP) is 15.6. The normalized spacial score (nSPS) is 13.3. The van der Waals surface area contributed by atoms with E-state index < -0.39 is 11.6 Å². The lowest BCUT2D eigenvalue weighted by atomic mass is 9.90. The maximum absolute atomic E-state index is 16.5. The first-order valence-corrected chi connectivity index (χ1v) is 23.0. The molecule has 0 amide bonds. The molecule has 0 aliphatic heterocycles. The van der Waals surface area contributed by atoms with Gasteiger partial charge < -0.3 is 0 Å². The number of fused-ring (bicyclic) bond motifs is 3. The molecule has 0 N–H and O–H groups in total. The molecule has 0 fully saturated rings. The van der Waals surface area contributed by atoms with E-state index in [-0.39, 0.29) is 11.1 Å². The number of thiophene rings is 4. The smallest absolute Gasteiger partial charge is 0.170 e. The van der Waals surface area contributed by atoms with Crippen LogP contribution < -0.4 is 0 Å². The van der Waals surface area contributed by atoms with Crippen molar-refractivity contribution < 1.29 is 8.78 Å². The maximum atomic E-state index is 16.5. The summed E-state index contributed by atoms with van der Waals surface area (Å²) < 4.78 is 35.6. The molecule has 2 aromatic carbocycles. The summed E-state index contributed by atoms with van der Waals surface area (Å²) in [7, 11) is 1.72. The second-order valence-corrected chi connectivity index (χ2v) is 20.3. The van der Waals surface area contributed by atoms with Crippen molar-refractivity contribution in [2.75, 3.05) is 0 Å². The van der Waals surface area contributed by atoms with Gasteiger partial charge >= 0.3 is 0 Å². The van der Waals surface area contributed by atoms with Crippen molar-refractivity contribution in [2.24, 2.45) is 18.9 Å². The molecule has 3 nitrogen and oxygen atoms in total. The van der Waals surface area contributed by atoms with E-state index in [0.717, 1.165) is 33.7 Å². The molecular formula is C45H53F2N3S4. The van der Waals surface area contributed by atoms with Gasteiger partial charge in [0.05, 0.1) is 11.1 Å². The molecule has 286 valence electrons. The summed E-state index contributed by atoms with van der Waals surface area (Å²) >= 11 is 6.86. The largest absolute Gasteiger partial charge is 0.203 e. The van der Waals surface area contributed by atoms with Crippen molar-refractivity contribution in [3.63, 3.8) is 0 Å². The van der Waals surface area contributed by atoms with Crippen LogP contribution in [0, 0.1) is 51.2 Å². The molecule has 2 atom stereocenters. The van der Waals surface area contributed by atoms with Crippen LogP contribution in [0.25, 0.3) is 61.8 Å². The number of unbranched alkanes of at least 4 members (excludes halogenated alkanes) is 2. The van der Waals surface area contributed by atoms with E-state index in [1.807, 2.05) is 48.7 Å². The van der Waals surface area contributed by atoms with Gasteiger partial charge in [0.1, 0.15) is 11.0 Å². The number of benzene rings is 2. The quantitative estimate of drug-likeness (QED) is 0.103. The molecule has 0 spiro atoms. The van der Waals surface area contributed by atoms with E-state index in [1.54, 1.807) is 18.4 Å². The highest BCUT2D eigenvalue weighted by Gasteiger charge is 2.29. The van der Waals surface area contributed by atoms with Gasteiger partial charge in [-0.15, -0.1) is 45.3 Å². The SMILES string of the molecule is CCCCC(C)CCc1c2cc(-c3sc(-c4c(F)c(F)c(-c5cc(C)c(C)s5)c5nn(C)nc45)cc3C)sc2c(CCC(C)CCCC)c2cc(C)sc12. The average molecular weight is 802 g/mol. The predicted molar refractivity (Wildman–Crippen MR) is 234 cm³/mol. The first-order valence-electron chi connectivity index (χ1n) is 19.8. The number of aryl methyl sites for hydroxylation is 7. The van der Waals surface area contributed by atoms with Crippen LogP contribution in [0.2, 0.25) is 0 Å². The molecule has 9 heteroatoms. The first-order chi connectivity index (χ1) is 25.9. The third-order valence-electron chi connectivity index (χ3n) is 11.3. The molecule has 5 heterocycles. The number of hydrogen-bond acceptors (Lipinski definition) is 6. The summed E-state index contributed by atoms with van der Waals surface area (Å²) in [6, 6.07) is 8.80. The molecule has 0 bridgehead atoms. The average Bonchev–Trinajstić information content (AvgIpc) is 3.96. The molecule has 0 saturated heterocycles. The van der Waals surface area contributed by atoms with Crippen LogP contribution >= 0.6 is 45.3 Å². The van der Waals surface area contributed by atoms with Gasteiger partial charge in [0, 0.05) is 45.7 Å². The number of halogens is 2. The van der Waals surface area contributed by atoms with E-state index in [2.05, 4.69) is 63.9 Å². The maximum Gasteiger partial charge on any atom is 0.170 e. The second kappa shape index (κ2) is 16.2. The van der Waals surface area contributed by atoms with Crippen molar-refractivity contribution in [1.82, 2.24) is 15.0 Å². The van der Waals surface area contributed by atoms with Gasteiger partial charge in [-0.1, -0.05) is 66.2 Å². The van der Waals surface area contributed by atoms with E-state index in [0.29, 0.717) is 32.6 Å². The molecule has 0 aliphatic rings. The lowest BCUT2D eigenvalue weighted by molar-refractivity contribution is 0.472. The fraction of sp³-hybridized carbons (Fsp3) is 0.467. The summed E-state index contributed by atoms with van der Waals surface area (Å²) in [6.45, 7) is 17.7. The summed E-state index contributed by atoms with van der Waals surface area (Å²) in [5.41, 5.74) is 6.29. The van der Waals surface area contributed by atoms with Crippen molar-refractivity contribution in [1.29, 1.82) is 0 Å². The highest BCUT2D eigenvalue weighted by Crippen LogP contribution is 2.50. The lowest BCUT2D eigenvalue weighted by Crippen LogP contribution is -2.01. The van der Waals surface area contributed by atoms with E-state index >= 15 is 8.78 Å². The van der Waals surface area contributed by atoms with Crippen LogP contribution in [0.4, 0.5) is 8.78 Å². The van der Waals surface area contributed by atoms with Gasteiger partial charge in [0.15, 0.2) is 11.6 Å². The van der Waals surface area contributed by atoms with Crippen LogP contribution in [0.3, 0.4) is 0 Å². The first kappa shape index (κ1) is 39.3. The number of aromatic nitrogens is 3. The zero-order chi connectivity index (χ0) is 38.4. The number of rotatable bonds is 15. The molecule has 5 aromatic heterocycles. The molecule has 54 heavy (non-hydrogen) atoms. The molecule has 7 aromatic rings. The van der Waals surface area contributed by atoms with Crippen molar-refractivity contribution in [3.8, 4) is 30.6 Å². The monoisotopic (exact) mass is 801 g/mol. The second-order valence-electron chi connectivity index (χ2n) is 15.7. The Balaban J connectivity index is 1.36. The lowest BCUT2D eigenvalue weighted by Gasteiger charge is -2.16. The van der Waals surface area contributed by atoms with Crippen LogP contribution in [-0.4, -0.2) is 15.0 Å². The van der Waals surface area contributed by atoms with Crippen LogP contribution in [0.1, 0.15) is 111 Å². The van der Waals surface area contributed by atoms with Gasteiger partial charge in [-0.3, -0.25) is 0 Å². The zero-order valence-electron chi connectivity index (χ0n) is 33.3. The number of nitrogens with zero attached hydrogens (tertiary/aromatic N) is 3. The zero-order valence-corrected chi connectivity index (χ0v) is 36.5. The van der Waals surface area contributed by atoms with Crippen LogP contribution in [0.5, 0.6) is 0 Å². The topological polar surface area (TPSA) is 30.7 Å². The standard InChI is InChI=1S/C45H53F2N3S4/c1-10-12-14-24(3)16-18-30-32-22-28(7)51-44(32)31(19-17-25(4)15-13-11-2)33-23-36(54-45(30)33)43-27(6)21-35(53-43)38-40(47)39(46)37(34-20-26(5)29(8)52-34)41-42(38)49-50(9)48-41/h20-25H,10-19H2,1-9H3. The number of hydrogen-bond donors (Lipinski definition) is 0. The van der Waals surface area contributed by atoms with Crippen molar-refractivity contribution in [3.05, 3.63) is 67.9 Å². The third-order valence-corrected chi connectivity index (χ3v) is 16.2. The Hall–Kier alpha value is -2.98. The fourth-order valence-corrected chi connectivity index (χ4v) is 12.8. The Morgan fingerprint density at radius 1 is 0.630 bits per heavy atom. The summed E-state index contributed by atoms with van der Waals surface area (Å²) in [4.78, 5) is 7.55. The summed E-state index contributed by atoms with van der Waals surface area (Å²) in [5.74, 6) is -0.356. The highest BCUT2D eigenvalue weighted by molar-refractivity contribution is 7.27. The van der Waals surface area contributed by atoms with Gasteiger partial charge in [0.25, 0.3) is 0 Å². The van der Waals surface area contributed by atoms with Gasteiger partial charge in [-0.25, -0.2) is 8.78 Å². The Kier molecular flexibility index (Phi) is 11.8. The van der Waals surface area contributed by atoms with Crippen LogP contribution in [0.15, 0.2) is 24.3 Å². The molecule has 0 saturated carbocycles. The molecule has 7 rings (SSSR count). The Morgan fingerprint density at radius 3 is 1.69 bits per heavy atom. The van der Waals surface area contributed by atoms with E-state index in [9.17, 15) is 0 Å². The summed E-state index contributed by atoms with van der Waals surface area (Å²) in [6.07, 6.45) is 12.1.